The maximum Gasteiger partial charge on any atom is 0.253 e. The molecular formula is C11H12ClN5O2. The SMILES string of the molecule is CNc1ncc(C(=O)NCc2nc(C)no2)cc1Cl. The van der Waals surface area contributed by atoms with Gasteiger partial charge in [-0.1, -0.05) is 16.8 Å². The molecule has 0 fully saturated rings. The zero-order valence-electron chi connectivity index (χ0n) is 10.4. The van der Waals surface area contributed by atoms with E-state index >= 15 is 0 Å². The van der Waals surface area contributed by atoms with Gasteiger partial charge in [-0.05, 0) is 13.0 Å². The summed E-state index contributed by atoms with van der Waals surface area (Å²) in [4.78, 5) is 19.9. The third-order valence-corrected chi connectivity index (χ3v) is 2.60. The predicted molar refractivity (Wildman–Crippen MR) is 69.0 cm³/mol. The second-order valence-corrected chi connectivity index (χ2v) is 4.13. The molecular weight excluding hydrogens is 270 g/mol. The highest BCUT2D eigenvalue weighted by Gasteiger charge is 2.10. The molecule has 2 aromatic heterocycles. The van der Waals surface area contributed by atoms with Gasteiger partial charge >= 0.3 is 0 Å². The van der Waals surface area contributed by atoms with Gasteiger partial charge < -0.3 is 15.2 Å². The van der Waals surface area contributed by atoms with Crippen LogP contribution in [0.2, 0.25) is 5.02 Å². The average Bonchev–Trinajstić information content (AvgIpc) is 2.81. The van der Waals surface area contributed by atoms with E-state index < -0.39 is 0 Å². The molecule has 0 saturated carbocycles. The molecule has 2 aromatic rings. The molecule has 0 bridgehead atoms. The molecule has 8 heteroatoms. The molecule has 2 N–H and O–H groups in total. The van der Waals surface area contributed by atoms with E-state index in [1.54, 1.807) is 14.0 Å². The van der Waals surface area contributed by atoms with E-state index in [0.29, 0.717) is 28.1 Å². The van der Waals surface area contributed by atoms with E-state index in [0.717, 1.165) is 0 Å². The fourth-order valence-corrected chi connectivity index (χ4v) is 1.68. The van der Waals surface area contributed by atoms with Gasteiger partial charge in [-0.3, -0.25) is 4.79 Å². The Morgan fingerprint density at radius 3 is 2.89 bits per heavy atom. The van der Waals surface area contributed by atoms with Crippen LogP contribution in [0.1, 0.15) is 22.1 Å². The van der Waals surface area contributed by atoms with Gasteiger partial charge in [0, 0.05) is 13.2 Å². The lowest BCUT2D eigenvalue weighted by Gasteiger charge is -2.05. The number of aromatic nitrogens is 3. The summed E-state index contributed by atoms with van der Waals surface area (Å²) in [5.41, 5.74) is 0.361. The van der Waals surface area contributed by atoms with E-state index in [4.69, 9.17) is 16.1 Å². The zero-order chi connectivity index (χ0) is 13.8. The van der Waals surface area contributed by atoms with Crippen LogP contribution in [0.15, 0.2) is 16.8 Å². The van der Waals surface area contributed by atoms with Gasteiger partial charge in [-0.2, -0.15) is 4.98 Å². The van der Waals surface area contributed by atoms with Crippen molar-refractivity contribution in [2.75, 3.05) is 12.4 Å². The first-order chi connectivity index (χ1) is 9.10. The van der Waals surface area contributed by atoms with Gasteiger partial charge in [0.2, 0.25) is 5.89 Å². The first-order valence-electron chi connectivity index (χ1n) is 5.51. The minimum atomic E-state index is -0.312. The normalized spacial score (nSPS) is 10.3. The van der Waals surface area contributed by atoms with Crippen molar-refractivity contribution in [2.45, 2.75) is 13.5 Å². The molecule has 2 rings (SSSR count). The van der Waals surface area contributed by atoms with Crippen LogP contribution in [-0.4, -0.2) is 28.1 Å². The number of halogens is 1. The van der Waals surface area contributed by atoms with Crippen molar-refractivity contribution < 1.29 is 9.32 Å². The number of nitrogens with one attached hydrogen (secondary N) is 2. The quantitative estimate of drug-likeness (QED) is 0.880. The van der Waals surface area contributed by atoms with Crippen molar-refractivity contribution in [1.29, 1.82) is 0 Å². The monoisotopic (exact) mass is 281 g/mol. The number of nitrogens with zero attached hydrogens (tertiary/aromatic N) is 3. The summed E-state index contributed by atoms with van der Waals surface area (Å²) < 4.78 is 4.88. The topological polar surface area (TPSA) is 92.9 Å². The van der Waals surface area contributed by atoms with Crippen molar-refractivity contribution in [3.8, 4) is 0 Å². The number of hydrogen-bond acceptors (Lipinski definition) is 6. The second kappa shape index (κ2) is 5.66. The van der Waals surface area contributed by atoms with Crippen molar-refractivity contribution in [1.82, 2.24) is 20.4 Å². The van der Waals surface area contributed by atoms with Gasteiger partial charge in [-0.25, -0.2) is 4.98 Å². The van der Waals surface area contributed by atoms with Gasteiger partial charge in [0.1, 0.15) is 5.82 Å². The van der Waals surface area contributed by atoms with Crippen molar-refractivity contribution >= 4 is 23.3 Å². The van der Waals surface area contributed by atoms with Crippen LogP contribution in [0.3, 0.4) is 0 Å². The fraction of sp³-hybridized carbons (Fsp3) is 0.273. The largest absolute Gasteiger partial charge is 0.372 e. The number of carbonyl (C=O) groups excluding carboxylic acids is 1. The summed E-state index contributed by atoms with van der Waals surface area (Å²) in [5.74, 6) is 1.07. The fourth-order valence-electron chi connectivity index (χ4n) is 1.42. The number of amides is 1. The Bertz CT molecular complexity index is 599. The molecule has 19 heavy (non-hydrogen) atoms. The molecule has 2 heterocycles. The summed E-state index contributed by atoms with van der Waals surface area (Å²) >= 11 is 5.95. The number of rotatable bonds is 4. The third-order valence-electron chi connectivity index (χ3n) is 2.31. The summed E-state index contributed by atoms with van der Waals surface area (Å²) in [6.07, 6.45) is 1.44. The molecule has 0 spiro atoms. The molecule has 7 nitrogen and oxygen atoms in total. The summed E-state index contributed by atoms with van der Waals surface area (Å²) in [6.45, 7) is 1.86. The molecule has 0 atom stereocenters. The number of aryl methyl sites for hydroxylation is 1. The van der Waals surface area contributed by atoms with E-state index in [9.17, 15) is 4.79 Å². The molecule has 0 aliphatic rings. The maximum atomic E-state index is 11.9. The molecule has 0 aromatic carbocycles. The van der Waals surface area contributed by atoms with Gasteiger partial charge in [0.25, 0.3) is 5.91 Å². The Hall–Kier alpha value is -2.15. The average molecular weight is 282 g/mol. The minimum Gasteiger partial charge on any atom is -0.372 e. The van der Waals surface area contributed by atoms with E-state index in [2.05, 4.69) is 25.8 Å². The summed E-state index contributed by atoms with van der Waals surface area (Å²) in [5, 5.41) is 9.46. The van der Waals surface area contributed by atoms with Crippen LogP contribution >= 0.6 is 11.6 Å². The Labute approximate surface area is 114 Å². The number of hydrogen-bond donors (Lipinski definition) is 2. The van der Waals surface area contributed by atoms with Crippen LogP contribution in [0.5, 0.6) is 0 Å². The number of pyridine rings is 1. The van der Waals surface area contributed by atoms with E-state index in [1.807, 2.05) is 0 Å². The lowest BCUT2D eigenvalue weighted by Crippen LogP contribution is -2.23. The summed E-state index contributed by atoms with van der Waals surface area (Å²) in [7, 11) is 1.70. The van der Waals surface area contributed by atoms with Crippen LogP contribution in [0.25, 0.3) is 0 Å². The molecule has 0 aliphatic heterocycles. The highest BCUT2D eigenvalue weighted by atomic mass is 35.5. The Kier molecular flexibility index (Phi) is 3.96. The van der Waals surface area contributed by atoms with Crippen LogP contribution in [0, 0.1) is 6.92 Å². The lowest BCUT2D eigenvalue weighted by molar-refractivity contribution is 0.0946. The number of carbonyl (C=O) groups is 1. The Morgan fingerprint density at radius 1 is 1.53 bits per heavy atom. The van der Waals surface area contributed by atoms with Gasteiger partial charge in [0.05, 0.1) is 17.1 Å². The molecule has 0 aliphatic carbocycles. The Morgan fingerprint density at radius 2 is 2.32 bits per heavy atom. The first-order valence-corrected chi connectivity index (χ1v) is 5.88. The number of anilines is 1. The molecule has 0 saturated heterocycles. The first kappa shape index (κ1) is 13.3. The third kappa shape index (κ3) is 3.19. The van der Waals surface area contributed by atoms with Crippen LogP contribution in [-0.2, 0) is 6.54 Å². The zero-order valence-corrected chi connectivity index (χ0v) is 11.2. The molecule has 0 unspecified atom stereocenters. The highest BCUT2D eigenvalue weighted by Crippen LogP contribution is 2.19. The molecule has 1 amide bonds. The Balaban J connectivity index is 2.01. The lowest BCUT2D eigenvalue weighted by atomic mass is 10.2. The van der Waals surface area contributed by atoms with E-state index in [1.165, 1.54) is 12.3 Å². The standard InChI is InChI=1S/C11H12ClN5O2/c1-6-16-9(19-17-6)5-15-11(18)7-3-8(12)10(13-2)14-4-7/h3-4H,5H2,1-2H3,(H,13,14)(H,15,18). The van der Waals surface area contributed by atoms with Gasteiger partial charge in [0.15, 0.2) is 5.82 Å². The van der Waals surface area contributed by atoms with Crippen LogP contribution in [0.4, 0.5) is 5.82 Å². The predicted octanol–water partition coefficient (Wildman–Crippen LogP) is 1.40. The maximum absolute atomic E-state index is 11.9. The van der Waals surface area contributed by atoms with Crippen LogP contribution < -0.4 is 10.6 Å². The van der Waals surface area contributed by atoms with Crippen molar-refractivity contribution in [2.24, 2.45) is 0 Å². The van der Waals surface area contributed by atoms with Gasteiger partial charge in [-0.15, -0.1) is 0 Å². The summed E-state index contributed by atoms with van der Waals surface area (Å²) in [6, 6.07) is 1.54. The van der Waals surface area contributed by atoms with E-state index in [-0.39, 0.29) is 12.5 Å². The highest BCUT2D eigenvalue weighted by molar-refractivity contribution is 6.33. The second-order valence-electron chi connectivity index (χ2n) is 3.72. The molecule has 0 radical (unpaired) electrons. The van der Waals surface area contributed by atoms with Crippen molar-refractivity contribution in [3.05, 3.63) is 34.6 Å². The molecule has 100 valence electrons. The van der Waals surface area contributed by atoms with Crippen molar-refractivity contribution in [3.63, 3.8) is 0 Å². The smallest absolute Gasteiger partial charge is 0.253 e. The minimum absolute atomic E-state index is 0.158.